The minimum absolute atomic E-state index is 0.0877. The first-order valence-corrected chi connectivity index (χ1v) is 6.81. The summed E-state index contributed by atoms with van der Waals surface area (Å²) in [4.78, 5) is 17.9. The number of methoxy groups -OCH3 is 1. The van der Waals surface area contributed by atoms with Crippen molar-refractivity contribution in [2.75, 3.05) is 25.1 Å². The molecular formula is C16H17N3O2. The van der Waals surface area contributed by atoms with Crippen LogP contribution in [-0.4, -0.2) is 31.2 Å². The number of esters is 1. The number of ether oxygens (including phenoxy) is 1. The first-order chi connectivity index (χ1) is 10.2. The molecule has 0 unspecified atom stereocenters. The van der Waals surface area contributed by atoms with Crippen molar-refractivity contribution in [1.82, 2.24) is 4.98 Å². The number of carbonyl (C=O) groups excluding carboxylic acids is 1. The molecule has 0 atom stereocenters. The lowest BCUT2D eigenvalue weighted by Crippen LogP contribution is -2.32. The van der Waals surface area contributed by atoms with E-state index in [1.165, 1.54) is 7.11 Å². The largest absolute Gasteiger partial charge is 0.468 e. The second kappa shape index (κ2) is 6.71. The number of rotatable bonds is 5. The van der Waals surface area contributed by atoms with Crippen LogP contribution in [0.4, 0.5) is 5.82 Å². The Morgan fingerprint density at radius 1 is 1.43 bits per heavy atom. The molecule has 1 heterocycles. The zero-order valence-electron chi connectivity index (χ0n) is 12.2. The number of hydrogen-bond donors (Lipinski definition) is 0. The normalized spacial score (nSPS) is 10.1. The Balaban J connectivity index is 2.49. The zero-order valence-corrected chi connectivity index (χ0v) is 12.2. The van der Waals surface area contributed by atoms with Crippen molar-refractivity contribution in [2.45, 2.75) is 13.3 Å². The van der Waals surface area contributed by atoms with Crippen molar-refractivity contribution in [3.05, 3.63) is 35.9 Å². The molecule has 21 heavy (non-hydrogen) atoms. The maximum atomic E-state index is 11.6. The molecule has 108 valence electrons. The second-order valence-electron chi connectivity index (χ2n) is 4.66. The Hall–Kier alpha value is -2.61. The third-order valence-corrected chi connectivity index (χ3v) is 3.16. The van der Waals surface area contributed by atoms with Gasteiger partial charge in [-0.1, -0.05) is 25.1 Å². The summed E-state index contributed by atoms with van der Waals surface area (Å²) in [6, 6.07) is 11.6. The maximum absolute atomic E-state index is 11.6. The van der Waals surface area contributed by atoms with Gasteiger partial charge >= 0.3 is 5.97 Å². The number of pyridine rings is 1. The van der Waals surface area contributed by atoms with Crippen LogP contribution in [0.5, 0.6) is 0 Å². The van der Waals surface area contributed by atoms with Crippen LogP contribution in [0.2, 0.25) is 0 Å². The highest BCUT2D eigenvalue weighted by Gasteiger charge is 2.17. The fourth-order valence-corrected chi connectivity index (χ4v) is 2.18. The van der Waals surface area contributed by atoms with Gasteiger partial charge in [0, 0.05) is 11.9 Å². The van der Waals surface area contributed by atoms with Crippen molar-refractivity contribution in [2.24, 2.45) is 0 Å². The van der Waals surface area contributed by atoms with E-state index in [4.69, 9.17) is 4.74 Å². The third-order valence-electron chi connectivity index (χ3n) is 3.16. The minimum atomic E-state index is -0.345. The molecular weight excluding hydrogens is 266 g/mol. The average Bonchev–Trinajstić information content (AvgIpc) is 2.52. The molecule has 0 amide bonds. The predicted octanol–water partition coefficient (Wildman–Crippen LogP) is 2.50. The van der Waals surface area contributed by atoms with E-state index in [0.717, 1.165) is 17.3 Å². The van der Waals surface area contributed by atoms with E-state index >= 15 is 0 Å². The summed E-state index contributed by atoms with van der Waals surface area (Å²) in [5, 5.41) is 10.3. The van der Waals surface area contributed by atoms with Gasteiger partial charge in [0.25, 0.3) is 0 Å². The molecule has 0 saturated heterocycles. The van der Waals surface area contributed by atoms with Crippen LogP contribution < -0.4 is 4.90 Å². The zero-order chi connectivity index (χ0) is 15.2. The average molecular weight is 283 g/mol. The molecule has 0 aliphatic rings. The van der Waals surface area contributed by atoms with Gasteiger partial charge in [-0.2, -0.15) is 5.26 Å². The number of para-hydroxylation sites is 1. The van der Waals surface area contributed by atoms with E-state index < -0.39 is 0 Å². The lowest BCUT2D eigenvalue weighted by molar-refractivity contribution is -0.138. The Bertz CT molecular complexity index is 691. The first kappa shape index (κ1) is 14.8. The molecule has 0 saturated carbocycles. The molecule has 5 heteroatoms. The summed E-state index contributed by atoms with van der Waals surface area (Å²) < 4.78 is 4.72. The van der Waals surface area contributed by atoms with Crippen LogP contribution in [-0.2, 0) is 9.53 Å². The Morgan fingerprint density at radius 2 is 2.19 bits per heavy atom. The van der Waals surface area contributed by atoms with Crippen LogP contribution in [0, 0.1) is 11.3 Å². The van der Waals surface area contributed by atoms with Crippen molar-refractivity contribution >= 4 is 22.7 Å². The van der Waals surface area contributed by atoms with Gasteiger partial charge in [-0.05, 0) is 18.6 Å². The first-order valence-electron chi connectivity index (χ1n) is 6.81. The SMILES string of the molecule is CCCN(CC(=O)OC)c1nc2ccccc2cc1C#N. The highest BCUT2D eigenvalue weighted by molar-refractivity contribution is 5.84. The Labute approximate surface area is 123 Å². The van der Waals surface area contributed by atoms with Gasteiger partial charge < -0.3 is 9.64 Å². The molecule has 2 aromatic rings. The number of anilines is 1. The van der Waals surface area contributed by atoms with E-state index in [1.807, 2.05) is 31.2 Å². The number of nitriles is 1. The molecule has 1 aromatic carbocycles. The summed E-state index contributed by atoms with van der Waals surface area (Å²) in [6.45, 7) is 2.73. The lowest BCUT2D eigenvalue weighted by atomic mass is 10.1. The summed E-state index contributed by atoms with van der Waals surface area (Å²) in [5.41, 5.74) is 1.27. The van der Waals surface area contributed by atoms with Gasteiger partial charge in [-0.3, -0.25) is 4.79 Å². The highest BCUT2D eigenvalue weighted by Crippen LogP contribution is 2.23. The van der Waals surface area contributed by atoms with Crippen molar-refractivity contribution in [3.63, 3.8) is 0 Å². The topological polar surface area (TPSA) is 66.2 Å². The van der Waals surface area contributed by atoms with Gasteiger partial charge in [0.05, 0.1) is 18.2 Å². The molecule has 1 aromatic heterocycles. The Morgan fingerprint density at radius 3 is 2.86 bits per heavy atom. The molecule has 0 aliphatic heterocycles. The highest BCUT2D eigenvalue weighted by atomic mass is 16.5. The van der Waals surface area contributed by atoms with Gasteiger partial charge in [0.1, 0.15) is 18.4 Å². The third kappa shape index (κ3) is 3.29. The molecule has 5 nitrogen and oxygen atoms in total. The van der Waals surface area contributed by atoms with Crippen molar-refractivity contribution < 1.29 is 9.53 Å². The van der Waals surface area contributed by atoms with Gasteiger partial charge in [-0.25, -0.2) is 4.98 Å². The lowest BCUT2D eigenvalue weighted by Gasteiger charge is -2.23. The van der Waals surface area contributed by atoms with Crippen molar-refractivity contribution in [1.29, 1.82) is 5.26 Å². The maximum Gasteiger partial charge on any atom is 0.325 e. The fraction of sp³-hybridized carbons (Fsp3) is 0.312. The number of carbonyl (C=O) groups is 1. The minimum Gasteiger partial charge on any atom is -0.468 e. The van der Waals surface area contributed by atoms with Crippen LogP contribution in [0.3, 0.4) is 0 Å². The molecule has 0 bridgehead atoms. The van der Waals surface area contributed by atoms with Gasteiger partial charge in [0.2, 0.25) is 0 Å². The molecule has 0 radical (unpaired) electrons. The van der Waals surface area contributed by atoms with Crippen LogP contribution in [0.1, 0.15) is 18.9 Å². The van der Waals surface area contributed by atoms with E-state index in [-0.39, 0.29) is 12.5 Å². The number of aromatic nitrogens is 1. The smallest absolute Gasteiger partial charge is 0.325 e. The second-order valence-corrected chi connectivity index (χ2v) is 4.66. The summed E-state index contributed by atoms with van der Waals surface area (Å²) in [5.74, 6) is 0.186. The predicted molar refractivity (Wildman–Crippen MR) is 81.0 cm³/mol. The fourth-order valence-electron chi connectivity index (χ4n) is 2.18. The molecule has 0 spiro atoms. The standard InChI is InChI=1S/C16H17N3O2/c1-3-8-19(11-15(20)21-2)16-13(10-17)9-12-6-4-5-7-14(12)18-16/h4-7,9H,3,8,11H2,1-2H3. The van der Waals surface area contributed by atoms with Crippen LogP contribution >= 0.6 is 0 Å². The van der Waals surface area contributed by atoms with Crippen LogP contribution in [0.25, 0.3) is 10.9 Å². The molecule has 0 aliphatic carbocycles. The monoisotopic (exact) mass is 283 g/mol. The van der Waals surface area contributed by atoms with E-state index in [9.17, 15) is 10.1 Å². The summed E-state index contributed by atoms with van der Waals surface area (Å²) >= 11 is 0. The van der Waals surface area contributed by atoms with E-state index in [0.29, 0.717) is 17.9 Å². The number of benzene rings is 1. The Kier molecular flexibility index (Phi) is 4.72. The molecule has 0 fully saturated rings. The van der Waals surface area contributed by atoms with Crippen LogP contribution in [0.15, 0.2) is 30.3 Å². The molecule has 2 rings (SSSR count). The van der Waals surface area contributed by atoms with Crippen molar-refractivity contribution in [3.8, 4) is 6.07 Å². The summed E-state index contributed by atoms with van der Waals surface area (Å²) in [6.07, 6.45) is 0.844. The number of hydrogen-bond acceptors (Lipinski definition) is 5. The molecule has 0 N–H and O–H groups in total. The van der Waals surface area contributed by atoms with E-state index in [1.54, 1.807) is 11.0 Å². The quantitative estimate of drug-likeness (QED) is 0.789. The van der Waals surface area contributed by atoms with Gasteiger partial charge in [0.15, 0.2) is 0 Å². The summed E-state index contributed by atoms with van der Waals surface area (Å²) in [7, 11) is 1.35. The number of fused-ring (bicyclic) bond motifs is 1. The van der Waals surface area contributed by atoms with Gasteiger partial charge in [-0.15, -0.1) is 0 Å². The van der Waals surface area contributed by atoms with E-state index in [2.05, 4.69) is 11.1 Å². The number of nitrogens with zero attached hydrogens (tertiary/aromatic N) is 3.